The molecule has 0 aromatic heterocycles. The summed E-state index contributed by atoms with van der Waals surface area (Å²) in [6, 6.07) is 7.57. The van der Waals surface area contributed by atoms with Crippen molar-refractivity contribution < 1.29 is 14.3 Å². The van der Waals surface area contributed by atoms with Crippen molar-refractivity contribution in [1.29, 1.82) is 0 Å². The van der Waals surface area contributed by atoms with Gasteiger partial charge in [-0.2, -0.15) is 0 Å². The summed E-state index contributed by atoms with van der Waals surface area (Å²) in [7, 11) is 0. The van der Waals surface area contributed by atoms with E-state index in [2.05, 4.69) is 16.0 Å². The van der Waals surface area contributed by atoms with E-state index in [1.54, 1.807) is 6.07 Å². The third-order valence-corrected chi connectivity index (χ3v) is 4.10. The Hall–Kier alpha value is -1.63. The van der Waals surface area contributed by atoms with Crippen molar-refractivity contribution in [3.8, 4) is 0 Å². The minimum Gasteiger partial charge on any atom is -0.378 e. The molecule has 2 unspecified atom stereocenters. The van der Waals surface area contributed by atoms with E-state index in [1.165, 1.54) is 0 Å². The van der Waals surface area contributed by atoms with Gasteiger partial charge in [-0.15, -0.1) is 12.4 Å². The van der Waals surface area contributed by atoms with Gasteiger partial charge in [-0.3, -0.25) is 9.59 Å². The zero-order valence-electron chi connectivity index (χ0n) is 14.8. The predicted octanol–water partition coefficient (Wildman–Crippen LogP) is 1.63. The van der Waals surface area contributed by atoms with Gasteiger partial charge in [-0.1, -0.05) is 19.1 Å². The van der Waals surface area contributed by atoms with Crippen LogP contribution in [0.25, 0.3) is 0 Å². The van der Waals surface area contributed by atoms with Crippen LogP contribution in [0.2, 0.25) is 0 Å². The van der Waals surface area contributed by atoms with Gasteiger partial charge >= 0.3 is 0 Å². The fourth-order valence-corrected chi connectivity index (χ4v) is 2.48. The van der Waals surface area contributed by atoms with Crippen LogP contribution in [0, 0.1) is 0 Å². The average molecular weight is 370 g/mol. The van der Waals surface area contributed by atoms with Crippen LogP contribution in [0.3, 0.4) is 0 Å². The lowest BCUT2D eigenvalue weighted by molar-refractivity contribution is -0.122. The molecule has 140 valence electrons. The largest absolute Gasteiger partial charge is 0.378 e. The smallest absolute Gasteiger partial charge is 0.251 e. The van der Waals surface area contributed by atoms with Gasteiger partial charge in [0.25, 0.3) is 5.91 Å². The van der Waals surface area contributed by atoms with Crippen molar-refractivity contribution in [3.05, 3.63) is 35.4 Å². The van der Waals surface area contributed by atoms with E-state index in [0.29, 0.717) is 31.7 Å². The highest BCUT2D eigenvalue weighted by Gasteiger charge is 2.16. The Bertz CT molecular complexity index is 562. The van der Waals surface area contributed by atoms with E-state index in [4.69, 9.17) is 4.74 Å². The highest BCUT2D eigenvalue weighted by atomic mass is 35.5. The number of amides is 2. The van der Waals surface area contributed by atoms with Crippen LogP contribution >= 0.6 is 12.4 Å². The van der Waals surface area contributed by atoms with E-state index >= 15 is 0 Å². The molecule has 25 heavy (non-hydrogen) atoms. The first-order valence-corrected chi connectivity index (χ1v) is 8.56. The molecule has 0 spiro atoms. The van der Waals surface area contributed by atoms with Gasteiger partial charge in [0.05, 0.1) is 13.2 Å². The van der Waals surface area contributed by atoms with Crippen molar-refractivity contribution in [2.75, 3.05) is 19.8 Å². The second-order valence-electron chi connectivity index (χ2n) is 6.19. The molecule has 1 heterocycles. The van der Waals surface area contributed by atoms with Crippen molar-refractivity contribution >= 4 is 24.2 Å². The molecule has 1 fully saturated rings. The lowest BCUT2D eigenvalue weighted by atomic mass is 10.1. The predicted molar refractivity (Wildman–Crippen MR) is 100.0 cm³/mol. The Kier molecular flexibility index (Phi) is 9.49. The van der Waals surface area contributed by atoms with Crippen molar-refractivity contribution in [1.82, 2.24) is 16.0 Å². The molecule has 1 saturated heterocycles. The van der Waals surface area contributed by atoms with Crippen LogP contribution in [0.15, 0.2) is 24.3 Å². The third kappa shape index (κ3) is 7.42. The Balaban J connectivity index is 0.00000312. The lowest BCUT2D eigenvalue weighted by Gasteiger charge is -2.23. The summed E-state index contributed by atoms with van der Waals surface area (Å²) >= 11 is 0. The van der Waals surface area contributed by atoms with Gasteiger partial charge in [0.1, 0.15) is 0 Å². The molecule has 2 rings (SSSR count). The highest BCUT2D eigenvalue weighted by Crippen LogP contribution is 2.07. The van der Waals surface area contributed by atoms with Gasteiger partial charge in [0.2, 0.25) is 5.91 Å². The molecule has 6 nitrogen and oxygen atoms in total. The van der Waals surface area contributed by atoms with Crippen molar-refractivity contribution in [2.45, 2.75) is 45.3 Å². The summed E-state index contributed by atoms with van der Waals surface area (Å²) in [5, 5.41) is 9.10. The maximum absolute atomic E-state index is 12.1. The molecule has 1 aromatic carbocycles. The quantitative estimate of drug-likeness (QED) is 0.682. The number of carbonyl (C=O) groups excluding carboxylic acids is 2. The maximum atomic E-state index is 12.1. The van der Waals surface area contributed by atoms with E-state index in [9.17, 15) is 9.59 Å². The molecule has 0 radical (unpaired) electrons. The second-order valence-corrected chi connectivity index (χ2v) is 6.19. The number of benzene rings is 1. The van der Waals surface area contributed by atoms with Crippen molar-refractivity contribution in [2.24, 2.45) is 0 Å². The van der Waals surface area contributed by atoms with Gasteiger partial charge in [0.15, 0.2) is 0 Å². The molecule has 0 saturated carbocycles. The van der Waals surface area contributed by atoms with E-state index in [-0.39, 0.29) is 36.3 Å². The van der Waals surface area contributed by atoms with Gasteiger partial charge < -0.3 is 20.7 Å². The first-order chi connectivity index (χ1) is 11.6. The Labute approximate surface area is 155 Å². The van der Waals surface area contributed by atoms with Crippen LogP contribution < -0.4 is 16.0 Å². The number of hydrogen-bond acceptors (Lipinski definition) is 4. The van der Waals surface area contributed by atoms with Gasteiger partial charge in [-0.25, -0.2) is 0 Å². The van der Waals surface area contributed by atoms with Crippen LogP contribution in [-0.2, 0) is 16.1 Å². The molecule has 3 N–H and O–H groups in total. The average Bonchev–Trinajstić information content (AvgIpc) is 2.61. The fourth-order valence-electron chi connectivity index (χ4n) is 2.48. The number of carbonyl (C=O) groups is 2. The summed E-state index contributed by atoms with van der Waals surface area (Å²) in [6.07, 6.45) is 1.29. The zero-order valence-corrected chi connectivity index (χ0v) is 15.7. The Morgan fingerprint density at radius 3 is 2.88 bits per heavy atom. The van der Waals surface area contributed by atoms with Crippen molar-refractivity contribution in [3.63, 3.8) is 0 Å². The van der Waals surface area contributed by atoms with E-state index < -0.39 is 0 Å². The molecule has 0 aliphatic carbocycles. The number of morpholine rings is 1. The number of ether oxygens (including phenoxy) is 1. The van der Waals surface area contributed by atoms with E-state index in [1.807, 2.05) is 32.0 Å². The lowest BCUT2D eigenvalue weighted by Crippen LogP contribution is -2.44. The SMILES string of the molecule is CCC(C)NC(=O)c1cccc(CNC(=O)CC2COCCN2)c1.Cl. The first kappa shape index (κ1) is 21.4. The standard InChI is InChI=1S/C18H27N3O3.ClH/c1-3-13(2)21-18(23)15-6-4-5-14(9-15)11-20-17(22)10-16-12-24-8-7-19-16;/h4-6,9,13,16,19H,3,7-8,10-12H2,1-2H3,(H,20,22)(H,21,23);1H. The van der Waals surface area contributed by atoms with Crippen LogP contribution in [0.5, 0.6) is 0 Å². The summed E-state index contributed by atoms with van der Waals surface area (Å²) in [5.74, 6) is -0.103. The molecule has 1 aliphatic rings. The molecular weight excluding hydrogens is 342 g/mol. The van der Waals surface area contributed by atoms with Gasteiger partial charge in [0, 0.05) is 37.2 Å². The molecular formula is C18H28ClN3O3. The normalized spacial score (nSPS) is 17.9. The Morgan fingerprint density at radius 2 is 2.20 bits per heavy atom. The van der Waals surface area contributed by atoms with Gasteiger partial charge in [-0.05, 0) is 31.0 Å². The van der Waals surface area contributed by atoms with Crippen LogP contribution in [-0.4, -0.2) is 43.7 Å². The Morgan fingerprint density at radius 1 is 1.40 bits per heavy atom. The van der Waals surface area contributed by atoms with Crippen LogP contribution in [0.1, 0.15) is 42.6 Å². The number of nitrogens with one attached hydrogen (secondary N) is 3. The zero-order chi connectivity index (χ0) is 17.4. The molecule has 0 bridgehead atoms. The minimum absolute atomic E-state index is 0. The van der Waals surface area contributed by atoms with Crippen LogP contribution in [0.4, 0.5) is 0 Å². The molecule has 1 aliphatic heterocycles. The number of rotatable bonds is 7. The second kappa shape index (κ2) is 11.1. The summed E-state index contributed by atoms with van der Waals surface area (Å²) in [4.78, 5) is 24.1. The summed E-state index contributed by atoms with van der Waals surface area (Å²) < 4.78 is 5.34. The van der Waals surface area contributed by atoms with E-state index in [0.717, 1.165) is 18.5 Å². The minimum atomic E-state index is -0.0823. The molecule has 2 atom stereocenters. The number of hydrogen-bond donors (Lipinski definition) is 3. The topological polar surface area (TPSA) is 79.5 Å². The monoisotopic (exact) mass is 369 g/mol. The maximum Gasteiger partial charge on any atom is 0.251 e. The first-order valence-electron chi connectivity index (χ1n) is 8.56. The third-order valence-electron chi connectivity index (χ3n) is 4.10. The highest BCUT2D eigenvalue weighted by molar-refractivity contribution is 5.94. The molecule has 1 aromatic rings. The number of halogens is 1. The molecule has 7 heteroatoms. The summed E-state index contributed by atoms with van der Waals surface area (Å²) in [5.41, 5.74) is 1.53. The summed E-state index contributed by atoms with van der Waals surface area (Å²) in [6.45, 7) is 6.47. The molecule has 2 amide bonds. The fraction of sp³-hybridized carbons (Fsp3) is 0.556.